The number of carbonyl (C=O) groups is 1. The molecule has 2 N–H and O–H groups in total. The third-order valence-electron chi connectivity index (χ3n) is 5.58. The van der Waals surface area contributed by atoms with E-state index in [1.54, 1.807) is 7.11 Å². The van der Waals surface area contributed by atoms with Gasteiger partial charge in [0.2, 0.25) is 0 Å². The number of hydrogen-bond acceptors (Lipinski definition) is 3. The molecule has 1 aromatic heterocycles. The number of benzene rings is 3. The monoisotopic (exact) mass is 428 g/mol. The summed E-state index contributed by atoms with van der Waals surface area (Å²) in [6, 6.07) is 22.1. The van der Waals surface area contributed by atoms with Crippen LogP contribution in [-0.4, -0.2) is 31.2 Å². The van der Waals surface area contributed by atoms with Gasteiger partial charge in [-0.1, -0.05) is 36.4 Å². The van der Waals surface area contributed by atoms with Crippen molar-refractivity contribution in [3.8, 4) is 11.5 Å². The molecule has 0 aliphatic heterocycles. The first-order valence-electron chi connectivity index (χ1n) is 10.7. The number of carbonyl (C=O) groups excluding carboxylic acids is 1. The Morgan fingerprint density at radius 2 is 1.69 bits per heavy atom. The Labute approximate surface area is 188 Å². The number of hydrogen-bond donors (Lipinski definition) is 2. The van der Waals surface area contributed by atoms with Gasteiger partial charge in [0, 0.05) is 29.6 Å². The van der Waals surface area contributed by atoms with Gasteiger partial charge in [0.15, 0.2) is 6.61 Å². The summed E-state index contributed by atoms with van der Waals surface area (Å²) in [6.45, 7) is 4.47. The molecule has 0 fully saturated rings. The second-order valence-electron chi connectivity index (χ2n) is 8.03. The Kier molecular flexibility index (Phi) is 6.45. The average Bonchev–Trinajstić information content (AvgIpc) is 3.22. The van der Waals surface area contributed by atoms with Crippen molar-refractivity contribution in [2.75, 3.05) is 20.3 Å². The molecule has 5 heteroatoms. The van der Waals surface area contributed by atoms with E-state index in [4.69, 9.17) is 9.47 Å². The molecule has 4 rings (SSSR count). The van der Waals surface area contributed by atoms with Gasteiger partial charge in [-0.3, -0.25) is 4.79 Å². The summed E-state index contributed by atoms with van der Waals surface area (Å²) < 4.78 is 11.0. The molecule has 5 nitrogen and oxygen atoms in total. The van der Waals surface area contributed by atoms with Crippen LogP contribution >= 0.6 is 0 Å². The molecule has 0 aliphatic carbocycles. The predicted octanol–water partition coefficient (Wildman–Crippen LogP) is 5.12. The van der Waals surface area contributed by atoms with E-state index >= 15 is 0 Å². The number of nitrogens with one attached hydrogen (secondary N) is 2. The second-order valence-corrected chi connectivity index (χ2v) is 8.03. The summed E-state index contributed by atoms with van der Waals surface area (Å²) in [5.74, 6) is 1.35. The molecule has 0 saturated carbocycles. The fourth-order valence-electron chi connectivity index (χ4n) is 4.06. The average molecular weight is 429 g/mol. The summed E-state index contributed by atoms with van der Waals surface area (Å²) in [4.78, 5) is 15.9. The number of para-hydroxylation sites is 1. The largest absolute Gasteiger partial charge is 0.497 e. The Bertz CT molecular complexity index is 1190. The zero-order valence-corrected chi connectivity index (χ0v) is 18.6. The van der Waals surface area contributed by atoms with E-state index in [2.05, 4.69) is 28.5 Å². The van der Waals surface area contributed by atoms with Gasteiger partial charge in [-0.15, -0.1) is 0 Å². The van der Waals surface area contributed by atoms with Gasteiger partial charge in [0.1, 0.15) is 11.5 Å². The molecule has 32 heavy (non-hydrogen) atoms. The third kappa shape index (κ3) is 4.94. The maximum atomic E-state index is 12.6. The molecule has 0 saturated heterocycles. The fourth-order valence-corrected chi connectivity index (χ4v) is 4.06. The van der Waals surface area contributed by atoms with E-state index in [1.807, 2.05) is 68.6 Å². The Morgan fingerprint density at radius 1 is 0.969 bits per heavy atom. The van der Waals surface area contributed by atoms with Gasteiger partial charge < -0.3 is 19.8 Å². The maximum absolute atomic E-state index is 12.6. The van der Waals surface area contributed by atoms with Crippen LogP contribution in [0.1, 0.15) is 28.2 Å². The number of H-pyrrole nitrogens is 1. The molecule has 0 spiro atoms. The zero-order valence-electron chi connectivity index (χ0n) is 18.6. The van der Waals surface area contributed by atoms with Crippen LogP contribution < -0.4 is 14.8 Å². The van der Waals surface area contributed by atoms with Crippen LogP contribution in [0.25, 0.3) is 10.9 Å². The van der Waals surface area contributed by atoms with E-state index in [9.17, 15) is 4.79 Å². The molecule has 1 heterocycles. The summed E-state index contributed by atoms with van der Waals surface area (Å²) in [7, 11) is 1.65. The molecule has 1 unspecified atom stereocenters. The summed E-state index contributed by atoms with van der Waals surface area (Å²) in [6.07, 6.45) is 2.03. The van der Waals surface area contributed by atoms with Crippen LogP contribution in [0.2, 0.25) is 0 Å². The molecule has 1 atom stereocenters. The van der Waals surface area contributed by atoms with Crippen LogP contribution in [-0.2, 0) is 4.79 Å². The van der Waals surface area contributed by atoms with E-state index in [0.29, 0.717) is 12.3 Å². The van der Waals surface area contributed by atoms with E-state index in [1.165, 1.54) is 0 Å². The zero-order chi connectivity index (χ0) is 22.5. The van der Waals surface area contributed by atoms with Crippen LogP contribution in [0, 0.1) is 13.8 Å². The number of aryl methyl sites for hydroxylation is 2. The highest BCUT2D eigenvalue weighted by Crippen LogP contribution is 2.31. The number of ether oxygens (including phenoxy) is 2. The molecule has 3 aromatic carbocycles. The standard InChI is InChI=1S/C27H28N2O3/c1-18-12-19(2)14-22(13-18)32-17-27(30)29-15-24(20-8-10-21(31-3)11-9-20)25-16-28-26-7-5-4-6-23(25)26/h4-14,16,24,28H,15,17H2,1-3H3,(H,29,30). The summed E-state index contributed by atoms with van der Waals surface area (Å²) in [5, 5.41) is 4.20. The van der Waals surface area contributed by atoms with Crippen molar-refractivity contribution < 1.29 is 14.3 Å². The van der Waals surface area contributed by atoms with Crippen molar-refractivity contribution in [2.24, 2.45) is 0 Å². The van der Waals surface area contributed by atoms with E-state index in [-0.39, 0.29) is 18.4 Å². The molecular formula is C27H28N2O3. The SMILES string of the molecule is COc1ccc(C(CNC(=O)COc2cc(C)cc(C)c2)c2c[nH]c3ccccc23)cc1. The number of methoxy groups -OCH3 is 1. The minimum atomic E-state index is -0.150. The minimum Gasteiger partial charge on any atom is -0.497 e. The molecule has 1 amide bonds. The highest BCUT2D eigenvalue weighted by Gasteiger charge is 2.19. The minimum absolute atomic E-state index is 0.0118. The smallest absolute Gasteiger partial charge is 0.257 e. The molecular weight excluding hydrogens is 400 g/mol. The maximum Gasteiger partial charge on any atom is 0.257 e. The van der Waals surface area contributed by atoms with Gasteiger partial charge in [0.05, 0.1) is 7.11 Å². The van der Waals surface area contributed by atoms with Crippen LogP contribution in [0.15, 0.2) is 72.9 Å². The molecule has 0 radical (unpaired) electrons. The summed E-state index contributed by atoms with van der Waals surface area (Å²) in [5.41, 5.74) is 5.54. The van der Waals surface area contributed by atoms with Crippen molar-refractivity contribution in [2.45, 2.75) is 19.8 Å². The Balaban J connectivity index is 1.50. The van der Waals surface area contributed by atoms with Crippen molar-refractivity contribution in [1.29, 1.82) is 0 Å². The van der Waals surface area contributed by atoms with Crippen LogP contribution in [0.5, 0.6) is 11.5 Å². The van der Waals surface area contributed by atoms with E-state index < -0.39 is 0 Å². The van der Waals surface area contributed by atoms with Crippen molar-refractivity contribution >= 4 is 16.8 Å². The topological polar surface area (TPSA) is 63.4 Å². The highest BCUT2D eigenvalue weighted by molar-refractivity contribution is 5.84. The van der Waals surface area contributed by atoms with E-state index in [0.717, 1.165) is 38.9 Å². The summed E-state index contributed by atoms with van der Waals surface area (Å²) >= 11 is 0. The second kappa shape index (κ2) is 9.60. The fraction of sp³-hybridized carbons (Fsp3) is 0.222. The van der Waals surface area contributed by atoms with Crippen molar-refractivity contribution in [3.63, 3.8) is 0 Å². The lowest BCUT2D eigenvalue weighted by molar-refractivity contribution is -0.123. The van der Waals surface area contributed by atoms with Gasteiger partial charge in [-0.2, -0.15) is 0 Å². The first kappa shape index (κ1) is 21.5. The van der Waals surface area contributed by atoms with Crippen LogP contribution in [0.3, 0.4) is 0 Å². The first-order valence-corrected chi connectivity index (χ1v) is 10.7. The third-order valence-corrected chi connectivity index (χ3v) is 5.58. The normalized spacial score (nSPS) is 11.8. The molecule has 0 bridgehead atoms. The number of amides is 1. The number of fused-ring (bicyclic) bond motifs is 1. The van der Waals surface area contributed by atoms with Crippen molar-refractivity contribution in [1.82, 2.24) is 10.3 Å². The lowest BCUT2D eigenvalue weighted by Gasteiger charge is -2.19. The van der Waals surface area contributed by atoms with Gasteiger partial charge in [-0.05, 0) is 66.4 Å². The quantitative estimate of drug-likeness (QED) is 0.409. The Hall–Kier alpha value is -3.73. The van der Waals surface area contributed by atoms with Crippen LogP contribution in [0.4, 0.5) is 0 Å². The highest BCUT2D eigenvalue weighted by atomic mass is 16.5. The number of aromatic amines is 1. The van der Waals surface area contributed by atoms with Gasteiger partial charge in [0.25, 0.3) is 5.91 Å². The molecule has 4 aromatic rings. The van der Waals surface area contributed by atoms with Gasteiger partial charge >= 0.3 is 0 Å². The number of rotatable bonds is 8. The Morgan fingerprint density at radius 3 is 2.41 bits per heavy atom. The van der Waals surface area contributed by atoms with Crippen molar-refractivity contribution in [3.05, 3.63) is 95.2 Å². The van der Waals surface area contributed by atoms with Gasteiger partial charge in [-0.25, -0.2) is 0 Å². The molecule has 0 aliphatic rings. The number of aromatic nitrogens is 1. The predicted molar refractivity (Wildman–Crippen MR) is 128 cm³/mol. The first-order chi connectivity index (χ1) is 15.5. The molecule has 164 valence electrons. The lowest BCUT2D eigenvalue weighted by atomic mass is 9.91. The lowest BCUT2D eigenvalue weighted by Crippen LogP contribution is -2.32.